The van der Waals surface area contributed by atoms with Crippen molar-refractivity contribution < 1.29 is 13.2 Å². The van der Waals surface area contributed by atoms with Gasteiger partial charge in [0.25, 0.3) is 0 Å². The second-order valence-electron chi connectivity index (χ2n) is 5.00. The van der Waals surface area contributed by atoms with E-state index in [9.17, 15) is 8.42 Å². The highest BCUT2D eigenvalue weighted by Crippen LogP contribution is 2.25. The summed E-state index contributed by atoms with van der Waals surface area (Å²) < 4.78 is 32.7. The van der Waals surface area contributed by atoms with Gasteiger partial charge in [0.05, 0.1) is 4.90 Å². The summed E-state index contributed by atoms with van der Waals surface area (Å²) in [5.74, 6) is 0. The van der Waals surface area contributed by atoms with E-state index in [-0.39, 0.29) is 6.04 Å². The minimum Gasteiger partial charge on any atom is -0.384 e. The largest absolute Gasteiger partial charge is 0.384 e. The Morgan fingerprint density at radius 1 is 1.26 bits per heavy atom. The Bertz CT molecular complexity index is 565. The van der Waals surface area contributed by atoms with Crippen molar-refractivity contribution in [3.05, 3.63) is 23.8 Å². The molecule has 2 N–H and O–H groups in total. The molecule has 0 unspecified atom stereocenters. The number of sulfonamides is 1. The first-order valence-corrected chi connectivity index (χ1v) is 8.10. The molecule has 0 saturated carbocycles. The van der Waals surface area contributed by atoms with Crippen LogP contribution in [0.4, 0.5) is 5.69 Å². The molecule has 0 aliphatic carbocycles. The van der Waals surface area contributed by atoms with E-state index >= 15 is 0 Å². The molecule has 1 aromatic rings. The average Bonchev–Trinajstić information content (AvgIpc) is 2.86. The zero-order valence-corrected chi connectivity index (χ0v) is 11.5. The maximum absolute atomic E-state index is 12.3. The molecule has 104 valence electrons. The lowest BCUT2D eigenvalue weighted by molar-refractivity contribution is 0.0832. The number of rotatable bonds is 3. The Balaban J connectivity index is 1.79. The van der Waals surface area contributed by atoms with E-state index in [2.05, 4.69) is 10.0 Å². The number of fused-ring (bicyclic) bond motifs is 1. The van der Waals surface area contributed by atoms with Crippen LogP contribution in [0.2, 0.25) is 0 Å². The Labute approximate surface area is 113 Å². The van der Waals surface area contributed by atoms with Crippen LogP contribution in [0.15, 0.2) is 23.1 Å². The van der Waals surface area contributed by atoms with Crippen molar-refractivity contribution in [3.63, 3.8) is 0 Å². The van der Waals surface area contributed by atoms with Crippen LogP contribution in [0.25, 0.3) is 0 Å². The summed E-state index contributed by atoms with van der Waals surface area (Å²) in [5.41, 5.74) is 2.12. The highest BCUT2D eigenvalue weighted by atomic mass is 32.2. The highest BCUT2D eigenvalue weighted by molar-refractivity contribution is 7.89. The van der Waals surface area contributed by atoms with E-state index in [0.717, 1.165) is 37.1 Å². The third-order valence-electron chi connectivity index (χ3n) is 3.64. The molecule has 5 nitrogen and oxygen atoms in total. The van der Waals surface area contributed by atoms with E-state index in [1.54, 1.807) is 12.1 Å². The first-order chi connectivity index (χ1) is 9.15. The second-order valence-corrected chi connectivity index (χ2v) is 6.72. The molecule has 3 rings (SSSR count). The molecule has 2 aliphatic heterocycles. The maximum atomic E-state index is 12.3. The molecule has 0 atom stereocenters. The normalized spacial score (nSPS) is 20.0. The van der Waals surface area contributed by atoms with Gasteiger partial charge in [0.1, 0.15) is 0 Å². The van der Waals surface area contributed by atoms with Crippen LogP contribution in [-0.2, 0) is 21.2 Å². The summed E-state index contributed by atoms with van der Waals surface area (Å²) in [6.07, 6.45) is 2.37. The van der Waals surface area contributed by atoms with E-state index in [4.69, 9.17) is 4.74 Å². The molecule has 1 fully saturated rings. The zero-order chi connectivity index (χ0) is 13.3. The summed E-state index contributed by atoms with van der Waals surface area (Å²) in [6.45, 7) is 2.13. The molecule has 6 heteroatoms. The van der Waals surface area contributed by atoms with Gasteiger partial charge in [0, 0.05) is 31.5 Å². The van der Waals surface area contributed by atoms with Crippen LogP contribution in [0, 0.1) is 0 Å². The van der Waals surface area contributed by atoms with Crippen molar-refractivity contribution in [3.8, 4) is 0 Å². The van der Waals surface area contributed by atoms with E-state index in [1.807, 2.05) is 6.07 Å². The maximum Gasteiger partial charge on any atom is 0.240 e. The van der Waals surface area contributed by atoms with Gasteiger partial charge in [-0.3, -0.25) is 0 Å². The fraction of sp³-hybridized carbons (Fsp3) is 0.538. The summed E-state index contributed by atoms with van der Waals surface area (Å²) in [5, 5.41) is 3.23. The summed E-state index contributed by atoms with van der Waals surface area (Å²) in [4.78, 5) is 0.362. The Morgan fingerprint density at radius 3 is 2.84 bits per heavy atom. The van der Waals surface area contributed by atoms with Crippen LogP contribution in [0.3, 0.4) is 0 Å². The first kappa shape index (κ1) is 12.9. The summed E-state index contributed by atoms with van der Waals surface area (Å²) in [6, 6.07) is 5.28. The predicted molar refractivity (Wildman–Crippen MR) is 72.8 cm³/mol. The predicted octanol–water partition coefficient (Wildman–Crippen LogP) is 1.11. The van der Waals surface area contributed by atoms with Gasteiger partial charge in [0.2, 0.25) is 10.0 Å². The minimum atomic E-state index is -3.41. The van der Waals surface area contributed by atoms with Crippen molar-refractivity contribution in [2.24, 2.45) is 0 Å². The lowest BCUT2D eigenvalue weighted by Crippen LogP contribution is -2.38. The van der Waals surface area contributed by atoms with Crippen molar-refractivity contribution in [2.45, 2.75) is 30.2 Å². The van der Waals surface area contributed by atoms with Crippen LogP contribution in [0.5, 0.6) is 0 Å². The van der Waals surface area contributed by atoms with Crippen LogP contribution < -0.4 is 10.0 Å². The topological polar surface area (TPSA) is 67.4 Å². The molecular weight excluding hydrogens is 264 g/mol. The lowest BCUT2D eigenvalue weighted by atomic mass is 10.1. The molecule has 1 saturated heterocycles. The molecule has 0 spiro atoms. The van der Waals surface area contributed by atoms with E-state index in [1.165, 1.54) is 0 Å². The number of hydrogen-bond donors (Lipinski definition) is 2. The number of nitrogens with one attached hydrogen (secondary N) is 2. The molecule has 19 heavy (non-hydrogen) atoms. The van der Waals surface area contributed by atoms with E-state index < -0.39 is 10.0 Å². The number of hydrogen-bond acceptors (Lipinski definition) is 4. The van der Waals surface area contributed by atoms with E-state index in [0.29, 0.717) is 18.1 Å². The summed E-state index contributed by atoms with van der Waals surface area (Å²) >= 11 is 0. The molecule has 0 bridgehead atoms. The quantitative estimate of drug-likeness (QED) is 0.871. The van der Waals surface area contributed by atoms with Crippen molar-refractivity contribution in [1.82, 2.24) is 4.72 Å². The van der Waals surface area contributed by atoms with Gasteiger partial charge in [-0.05, 0) is 43.0 Å². The monoisotopic (exact) mass is 282 g/mol. The Morgan fingerprint density at radius 2 is 2.05 bits per heavy atom. The van der Waals surface area contributed by atoms with Crippen LogP contribution in [-0.4, -0.2) is 34.2 Å². The Hall–Kier alpha value is -1.11. The van der Waals surface area contributed by atoms with Gasteiger partial charge in [-0.15, -0.1) is 0 Å². The van der Waals surface area contributed by atoms with Crippen LogP contribution >= 0.6 is 0 Å². The SMILES string of the molecule is O=S(=O)(NC1CCOCC1)c1ccc2c(c1)CCN2. The lowest BCUT2D eigenvalue weighted by Gasteiger charge is -2.23. The van der Waals surface area contributed by atoms with Crippen molar-refractivity contribution >= 4 is 15.7 Å². The second kappa shape index (κ2) is 5.11. The number of benzene rings is 1. The van der Waals surface area contributed by atoms with Gasteiger partial charge in [0.15, 0.2) is 0 Å². The molecule has 2 heterocycles. The molecule has 1 aromatic carbocycles. The van der Waals surface area contributed by atoms with Gasteiger partial charge in [-0.25, -0.2) is 13.1 Å². The zero-order valence-electron chi connectivity index (χ0n) is 10.7. The van der Waals surface area contributed by atoms with Crippen molar-refractivity contribution in [1.29, 1.82) is 0 Å². The van der Waals surface area contributed by atoms with Gasteiger partial charge in [-0.1, -0.05) is 0 Å². The van der Waals surface area contributed by atoms with Gasteiger partial charge in [-0.2, -0.15) is 0 Å². The molecule has 0 radical (unpaired) electrons. The number of ether oxygens (including phenoxy) is 1. The molecule has 0 aromatic heterocycles. The molecule has 0 amide bonds. The molecular formula is C13H18N2O3S. The summed E-state index contributed by atoms with van der Waals surface area (Å²) in [7, 11) is -3.41. The first-order valence-electron chi connectivity index (χ1n) is 6.62. The van der Waals surface area contributed by atoms with Gasteiger partial charge < -0.3 is 10.1 Å². The van der Waals surface area contributed by atoms with Crippen molar-refractivity contribution in [2.75, 3.05) is 25.1 Å². The third kappa shape index (κ3) is 2.75. The highest BCUT2D eigenvalue weighted by Gasteiger charge is 2.23. The Kier molecular flexibility index (Phi) is 3.47. The fourth-order valence-electron chi connectivity index (χ4n) is 2.55. The standard InChI is InChI=1S/C13H18N2O3S/c16-19(17,15-11-4-7-18-8-5-11)12-1-2-13-10(9-12)3-6-14-13/h1-2,9,11,14-15H,3-8H2. The average molecular weight is 282 g/mol. The number of anilines is 1. The molecule has 2 aliphatic rings. The third-order valence-corrected chi connectivity index (χ3v) is 5.16. The smallest absolute Gasteiger partial charge is 0.240 e. The fourth-order valence-corrected chi connectivity index (χ4v) is 3.91. The minimum absolute atomic E-state index is 0.00914. The van der Waals surface area contributed by atoms with Crippen LogP contribution in [0.1, 0.15) is 18.4 Å². The van der Waals surface area contributed by atoms with Gasteiger partial charge >= 0.3 is 0 Å².